The minimum absolute atomic E-state index is 0.215. The zero-order valence-electron chi connectivity index (χ0n) is 17.6. The second kappa shape index (κ2) is 8.18. The number of para-hydroxylation sites is 3. The molecule has 9 heteroatoms. The van der Waals surface area contributed by atoms with E-state index in [9.17, 15) is 22.8 Å². The molecule has 0 fully saturated rings. The molecule has 0 spiro atoms. The summed E-state index contributed by atoms with van der Waals surface area (Å²) in [5.74, 6) is -0.467. The van der Waals surface area contributed by atoms with E-state index in [-0.39, 0.29) is 23.6 Å². The second-order valence-corrected chi connectivity index (χ2v) is 7.65. The van der Waals surface area contributed by atoms with Crippen LogP contribution in [0.4, 0.5) is 18.9 Å². The van der Waals surface area contributed by atoms with E-state index in [1.54, 1.807) is 24.3 Å². The first kappa shape index (κ1) is 21.4. The van der Waals surface area contributed by atoms with Gasteiger partial charge in [0.05, 0.1) is 28.0 Å². The molecule has 5 aromatic rings. The van der Waals surface area contributed by atoms with Crippen LogP contribution >= 0.6 is 0 Å². The second-order valence-electron chi connectivity index (χ2n) is 7.65. The monoisotopic (exact) mass is 462 g/mol. The van der Waals surface area contributed by atoms with Crippen LogP contribution in [0.1, 0.15) is 5.56 Å². The van der Waals surface area contributed by atoms with Crippen molar-refractivity contribution >= 4 is 28.4 Å². The topological polar surface area (TPSA) is 68.4 Å². The third-order valence-electron chi connectivity index (χ3n) is 5.43. The Hall–Kier alpha value is -4.40. The third-order valence-corrected chi connectivity index (χ3v) is 5.43. The zero-order valence-corrected chi connectivity index (χ0v) is 17.6. The van der Waals surface area contributed by atoms with Gasteiger partial charge in [-0.25, -0.2) is 9.38 Å². The minimum Gasteiger partial charge on any atom is -0.324 e. The number of nitrogens with zero attached hydrogens (tertiary/aromatic N) is 3. The van der Waals surface area contributed by atoms with E-state index < -0.39 is 17.6 Å². The van der Waals surface area contributed by atoms with Crippen molar-refractivity contribution in [1.82, 2.24) is 14.0 Å². The molecule has 0 bridgehead atoms. The number of aromatic nitrogens is 3. The first-order valence-corrected chi connectivity index (χ1v) is 10.4. The number of benzene rings is 3. The molecule has 1 N–H and O–H groups in total. The van der Waals surface area contributed by atoms with E-state index in [1.807, 2.05) is 30.3 Å². The van der Waals surface area contributed by atoms with Gasteiger partial charge in [-0.3, -0.25) is 9.59 Å². The molecular weight excluding hydrogens is 445 g/mol. The Morgan fingerprint density at radius 3 is 2.26 bits per heavy atom. The SMILES string of the molecule is O=C(Cn1c2ccccc2n2c(=O)cc(-c3ccccc3)nc12)Nc1ccccc1C(F)(F)F. The fourth-order valence-corrected chi connectivity index (χ4v) is 3.95. The molecular formula is C25H17F3N4O2. The summed E-state index contributed by atoms with van der Waals surface area (Å²) >= 11 is 0. The molecule has 1 amide bonds. The van der Waals surface area contributed by atoms with Gasteiger partial charge in [-0.05, 0) is 24.3 Å². The number of fused-ring (bicyclic) bond motifs is 3. The molecule has 34 heavy (non-hydrogen) atoms. The maximum absolute atomic E-state index is 13.3. The Balaban J connectivity index is 1.61. The highest BCUT2D eigenvalue weighted by Crippen LogP contribution is 2.34. The number of anilines is 1. The Kier molecular flexibility index (Phi) is 5.16. The van der Waals surface area contributed by atoms with Crippen molar-refractivity contribution in [2.45, 2.75) is 12.7 Å². The largest absolute Gasteiger partial charge is 0.418 e. The van der Waals surface area contributed by atoms with Crippen LogP contribution in [0.5, 0.6) is 0 Å². The van der Waals surface area contributed by atoms with Crippen LogP contribution < -0.4 is 10.9 Å². The molecule has 2 aromatic heterocycles. The minimum atomic E-state index is -4.61. The predicted molar refractivity (Wildman–Crippen MR) is 122 cm³/mol. The summed E-state index contributed by atoms with van der Waals surface area (Å²) < 4.78 is 42.9. The molecule has 0 saturated heterocycles. The van der Waals surface area contributed by atoms with Gasteiger partial charge in [0, 0.05) is 11.6 Å². The van der Waals surface area contributed by atoms with Crippen molar-refractivity contribution in [3.05, 3.63) is 101 Å². The summed E-state index contributed by atoms with van der Waals surface area (Å²) in [7, 11) is 0. The van der Waals surface area contributed by atoms with Crippen LogP contribution in [0.25, 0.3) is 28.1 Å². The maximum Gasteiger partial charge on any atom is 0.418 e. The standard InChI is InChI=1S/C25H17F3N4O2/c26-25(27,28)17-10-4-5-11-18(17)29-22(33)15-31-20-12-6-7-13-21(20)32-23(34)14-19(30-24(31)32)16-8-2-1-3-9-16/h1-14H,15H2,(H,29,33). The number of imidazole rings is 1. The van der Waals surface area contributed by atoms with E-state index in [1.165, 1.54) is 33.2 Å². The highest BCUT2D eigenvalue weighted by Gasteiger charge is 2.33. The first-order chi connectivity index (χ1) is 16.3. The van der Waals surface area contributed by atoms with Crippen molar-refractivity contribution < 1.29 is 18.0 Å². The van der Waals surface area contributed by atoms with Gasteiger partial charge in [-0.1, -0.05) is 54.6 Å². The lowest BCUT2D eigenvalue weighted by atomic mass is 10.1. The van der Waals surface area contributed by atoms with Crippen molar-refractivity contribution in [2.24, 2.45) is 0 Å². The summed E-state index contributed by atoms with van der Waals surface area (Å²) in [6, 6.07) is 22.2. The third kappa shape index (κ3) is 3.81. The van der Waals surface area contributed by atoms with E-state index in [0.717, 1.165) is 11.6 Å². The number of alkyl halides is 3. The van der Waals surface area contributed by atoms with Crippen LogP contribution in [-0.4, -0.2) is 19.9 Å². The van der Waals surface area contributed by atoms with E-state index in [4.69, 9.17) is 0 Å². The van der Waals surface area contributed by atoms with Gasteiger partial charge < -0.3 is 9.88 Å². The lowest BCUT2D eigenvalue weighted by Crippen LogP contribution is -2.22. The number of halogens is 3. The molecule has 170 valence electrons. The summed E-state index contributed by atoms with van der Waals surface area (Å²) in [4.78, 5) is 30.5. The number of carbonyl (C=O) groups is 1. The Morgan fingerprint density at radius 1 is 0.882 bits per heavy atom. The Labute approximate surface area is 190 Å². The lowest BCUT2D eigenvalue weighted by Gasteiger charge is -2.14. The van der Waals surface area contributed by atoms with E-state index in [2.05, 4.69) is 10.3 Å². The number of hydrogen-bond donors (Lipinski definition) is 1. The molecule has 0 saturated carbocycles. The fraction of sp³-hybridized carbons (Fsp3) is 0.0800. The predicted octanol–water partition coefficient (Wildman–Crippen LogP) is 4.97. The van der Waals surface area contributed by atoms with Crippen LogP contribution in [0.3, 0.4) is 0 Å². The van der Waals surface area contributed by atoms with Crippen LogP contribution in [0.15, 0.2) is 89.7 Å². The molecule has 2 heterocycles. The van der Waals surface area contributed by atoms with E-state index >= 15 is 0 Å². The summed E-state index contributed by atoms with van der Waals surface area (Å²) in [6.45, 7) is -0.339. The smallest absolute Gasteiger partial charge is 0.324 e. The Morgan fingerprint density at radius 2 is 1.53 bits per heavy atom. The Bertz CT molecular complexity index is 1590. The summed E-state index contributed by atoms with van der Waals surface area (Å²) in [5.41, 5.74) is 0.637. The molecule has 0 radical (unpaired) electrons. The van der Waals surface area contributed by atoms with Crippen molar-refractivity contribution in [2.75, 3.05) is 5.32 Å². The van der Waals surface area contributed by atoms with Crippen molar-refractivity contribution in [3.63, 3.8) is 0 Å². The van der Waals surface area contributed by atoms with Gasteiger partial charge >= 0.3 is 6.18 Å². The van der Waals surface area contributed by atoms with Crippen LogP contribution in [0, 0.1) is 0 Å². The molecule has 0 aliphatic carbocycles. The summed E-state index contributed by atoms with van der Waals surface area (Å²) in [6.07, 6.45) is -4.61. The first-order valence-electron chi connectivity index (χ1n) is 10.4. The normalized spacial score (nSPS) is 11.7. The highest BCUT2D eigenvalue weighted by atomic mass is 19.4. The molecule has 3 aromatic carbocycles. The summed E-state index contributed by atoms with van der Waals surface area (Å²) in [5, 5.41) is 2.35. The highest BCUT2D eigenvalue weighted by molar-refractivity contribution is 5.93. The van der Waals surface area contributed by atoms with Crippen molar-refractivity contribution in [3.8, 4) is 11.3 Å². The lowest BCUT2D eigenvalue weighted by molar-refractivity contribution is -0.137. The van der Waals surface area contributed by atoms with Gasteiger partial charge in [0.25, 0.3) is 5.56 Å². The number of rotatable bonds is 4. The van der Waals surface area contributed by atoms with Gasteiger partial charge in [0.2, 0.25) is 11.7 Å². The number of carbonyl (C=O) groups excluding carboxylic acids is 1. The molecule has 6 nitrogen and oxygen atoms in total. The average Bonchev–Trinajstić information content (AvgIpc) is 3.13. The molecule has 0 atom stereocenters. The molecule has 0 aliphatic heterocycles. The van der Waals surface area contributed by atoms with Crippen molar-refractivity contribution in [1.29, 1.82) is 0 Å². The maximum atomic E-state index is 13.3. The molecule has 5 rings (SSSR count). The van der Waals surface area contributed by atoms with Gasteiger partial charge in [-0.2, -0.15) is 13.2 Å². The zero-order chi connectivity index (χ0) is 23.9. The van der Waals surface area contributed by atoms with Gasteiger partial charge in [0.15, 0.2) is 0 Å². The quantitative estimate of drug-likeness (QED) is 0.410. The van der Waals surface area contributed by atoms with E-state index in [0.29, 0.717) is 16.7 Å². The molecule has 0 aliphatic rings. The number of hydrogen-bond acceptors (Lipinski definition) is 3. The number of nitrogens with one attached hydrogen (secondary N) is 1. The van der Waals surface area contributed by atoms with Crippen LogP contribution in [0.2, 0.25) is 0 Å². The van der Waals surface area contributed by atoms with Gasteiger partial charge in [-0.15, -0.1) is 0 Å². The average molecular weight is 462 g/mol. The molecule has 0 unspecified atom stereocenters. The van der Waals surface area contributed by atoms with Gasteiger partial charge in [0.1, 0.15) is 6.54 Å². The number of amides is 1. The van der Waals surface area contributed by atoms with Crippen LogP contribution in [-0.2, 0) is 17.5 Å². The fourth-order valence-electron chi connectivity index (χ4n) is 3.95.